The molecule has 0 saturated carbocycles. The van der Waals surface area contributed by atoms with E-state index in [4.69, 9.17) is 10.8 Å². The van der Waals surface area contributed by atoms with E-state index in [1.54, 1.807) is 0 Å². The van der Waals surface area contributed by atoms with Crippen molar-refractivity contribution in [2.45, 2.75) is 51.0 Å². The average Bonchev–Trinajstić information content (AvgIpc) is 2.44. The van der Waals surface area contributed by atoms with Crippen LogP contribution in [0.25, 0.3) is 0 Å². The summed E-state index contributed by atoms with van der Waals surface area (Å²) in [6.45, 7) is 0.709. The van der Waals surface area contributed by atoms with Gasteiger partial charge in [0.05, 0.1) is 6.10 Å². The van der Waals surface area contributed by atoms with Gasteiger partial charge in [-0.15, -0.1) is 0 Å². The maximum Gasteiger partial charge on any atom is 0.303 e. The summed E-state index contributed by atoms with van der Waals surface area (Å²) in [7, 11) is 0. The topological polar surface area (TPSA) is 83.5 Å². The zero-order chi connectivity index (χ0) is 14.8. The van der Waals surface area contributed by atoms with Crippen molar-refractivity contribution in [3.05, 3.63) is 35.4 Å². The van der Waals surface area contributed by atoms with Crippen molar-refractivity contribution < 1.29 is 15.0 Å². The minimum absolute atomic E-state index is 0.200. The lowest BCUT2D eigenvalue weighted by atomic mass is 10.00. The molecular formula is C16H25NO3. The van der Waals surface area contributed by atoms with Crippen LogP contribution >= 0.6 is 0 Å². The molecule has 1 rings (SSSR count). The fourth-order valence-electron chi connectivity index (χ4n) is 2.18. The van der Waals surface area contributed by atoms with Gasteiger partial charge in [0.15, 0.2) is 0 Å². The van der Waals surface area contributed by atoms with Crippen LogP contribution in [0.2, 0.25) is 0 Å². The van der Waals surface area contributed by atoms with Gasteiger partial charge >= 0.3 is 5.97 Å². The van der Waals surface area contributed by atoms with Gasteiger partial charge in [-0.05, 0) is 43.4 Å². The van der Waals surface area contributed by atoms with Crippen LogP contribution in [0, 0.1) is 0 Å². The van der Waals surface area contributed by atoms with E-state index in [9.17, 15) is 9.90 Å². The average molecular weight is 279 g/mol. The number of aliphatic carboxylic acids is 1. The highest BCUT2D eigenvalue weighted by molar-refractivity contribution is 5.66. The molecule has 0 spiro atoms. The summed E-state index contributed by atoms with van der Waals surface area (Å²) in [6.07, 6.45) is 5.01. The van der Waals surface area contributed by atoms with Crippen LogP contribution in [0.3, 0.4) is 0 Å². The Morgan fingerprint density at radius 2 is 1.80 bits per heavy atom. The number of carbonyl (C=O) groups is 1. The minimum atomic E-state index is -0.755. The maximum absolute atomic E-state index is 10.4. The van der Waals surface area contributed by atoms with Crippen molar-refractivity contribution in [1.29, 1.82) is 0 Å². The molecule has 0 aliphatic rings. The van der Waals surface area contributed by atoms with Gasteiger partial charge in [0.2, 0.25) is 0 Å². The number of hydrogen-bond donors (Lipinski definition) is 3. The summed E-state index contributed by atoms with van der Waals surface area (Å²) in [5.41, 5.74) is 7.48. The van der Waals surface area contributed by atoms with Gasteiger partial charge in [0.25, 0.3) is 0 Å². The number of carboxylic acids is 1. The van der Waals surface area contributed by atoms with E-state index in [-0.39, 0.29) is 6.42 Å². The van der Waals surface area contributed by atoms with E-state index in [2.05, 4.69) is 0 Å². The second kappa shape index (κ2) is 9.50. The number of aliphatic hydroxyl groups excluding tert-OH is 1. The zero-order valence-corrected chi connectivity index (χ0v) is 11.9. The number of benzene rings is 1. The first kappa shape index (κ1) is 16.7. The van der Waals surface area contributed by atoms with E-state index in [0.717, 1.165) is 43.2 Å². The molecule has 4 N–H and O–H groups in total. The quantitative estimate of drug-likeness (QED) is 0.575. The van der Waals surface area contributed by atoms with Crippen molar-refractivity contribution in [3.8, 4) is 0 Å². The van der Waals surface area contributed by atoms with Crippen molar-refractivity contribution in [2.75, 3.05) is 6.54 Å². The fraction of sp³-hybridized carbons (Fsp3) is 0.562. The van der Waals surface area contributed by atoms with E-state index < -0.39 is 12.1 Å². The van der Waals surface area contributed by atoms with Gasteiger partial charge in [0.1, 0.15) is 0 Å². The second-order valence-corrected chi connectivity index (χ2v) is 5.14. The summed E-state index contributed by atoms with van der Waals surface area (Å²) >= 11 is 0. The van der Waals surface area contributed by atoms with Gasteiger partial charge in [-0.1, -0.05) is 37.1 Å². The highest BCUT2D eigenvalue weighted by Crippen LogP contribution is 2.20. The number of aryl methyl sites for hydroxylation is 1. The molecule has 0 fully saturated rings. The van der Waals surface area contributed by atoms with Crippen LogP contribution in [-0.4, -0.2) is 22.7 Å². The number of aliphatic hydroxyl groups is 1. The Bertz CT molecular complexity index is 389. The second-order valence-electron chi connectivity index (χ2n) is 5.14. The Kier molecular flexibility index (Phi) is 7.92. The molecule has 0 aromatic heterocycles. The lowest BCUT2D eigenvalue weighted by Gasteiger charge is -2.11. The molecule has 112 valence electrons. The third-order valence-electron chi connectivity index (χ3n) is 3.40. The predicted molar refractivity (Wildman–Crippen MR) is 79.5 cm³/mol. The van der Waals surface area contributed by atoms with Crippen LogP contribution in [0.15, 0.2) is 24.3 Å². The summed E-state index contributed by atoms with van der Waals surface area (Å²) in [5, 5.41) is 18.6. The van der Waals surface area contributed by atoms with Crippen molar-refractivity contribution >= 4 is 5.97 Å². The molecular weight excluding hydrogens is 254 g/mol. The fourth-order valence-corrected chi connectivity index (χ4v) is 2.18. The van der Waals surface area contributed by atoms with E-state index >= 15 is 0 Å². The summed E-state index contributed by atoms with van der Waals surface area (Å²) in [5.74, 6) is -0.755. The molecule has 20 heavy (non-hydrogen) atoms. The largest absolute Gasteiger partial charge is 0.481 e. The first-order chi connectivity index (χ1) is 9.63. The van der Waals surface area contributed by atoms with Crippen LogP contribution in [0.4, 0.5) is 0 Å². The highest BCUT2D eigenvalue weighted by Gasteiger charge is 2.07. The first-order valence-corrected chi connectivity index (χ1v) is 7.32. The standard InChI is InChI=1S/C16H25NO3/c17-12-3-1-2-6-15(18)14-10-8-13(9-11-14)5-4-7-16(19)20/h8-11,15,18H,1-7,12,17H2,(H,19,20). The molecule has 1 aromatic rings. The number of unbranched alkanes of at least 4 members (excludes halogenated alkanes) is 2. The summed E-state index contributed by atoms with van der Waals surface area (Å²) < 4.78 is 0. The molecule has 1 atom stereocenters. The third kappa shape index (κ3) is 6.68. The smallest absolute Gasteiger partial charge is 0.303 e. The predicted octanol–water partition coefficient (Wildman–Crippen LogP) is 2.65. The molecule has 0 saturated heterocycles. The van der Waals surface area contributed by atoms with Gasteiger partial charge in [-0.25, -0.2) is 0 Å². The molecule has 4 heteroatoms. The Hall–Kier alpha value is -1.39. The van der Waals surface area contributed by atoms with E-state index in [0.29, 0.717) is 13.0 Å². The number of hydrogen-bond acceptors (Lipinski definition) is 3. The first-order valence-electron chi connectivity index (χ1n) is 7.32. The van der Waals surface area contributed by atoms with Crippen LogP contribution in [0.5, 0.6) is 0 Å². The molecule has 0 heterocycles. The van der Waals surface area contributed by atoms with E-state index in [1.165, 1.54) is 0 Å². The minimum Gasteiger partial charge on any atom is -0.481 e. The lowest BCUT2D eigenvalue weighted by molar-refractivity contribution is -0.137. The van der Waals surface area contributed by atoms with E-state index in [1.807, 2.05) is 24.3 Å². The summed E-state index contributed by atoms with van der Waals surface area (Å²) in [6, 6.07) is 7.81. The molecule has 4 nitrogen and oxygen atoms in total. The summed E-state index contributed by atoms with van der Waals surface area (Å²) in [4.78, 5) is 10.4. The molecule has 0 amide bonds. The normalized spacial score (nSPS) is 12.3. The Morgan fingerprint density at radius 3 is 2.40 bits per heavy atom. The lowest BCUT2D eigenvalue weighted by Crippen LogP contribution is -2.01. The van der Waals surface area contributed by atoms with Crippen LogP contribution < -0.4 is 5.73 Å². The highest BCUT2D eigenvalue weighted by atomic mass is 16.4. The molecule has 0 radical (unpaired) electrons. The Labute approximate surface area is 120 Å². The van der Waals surface area contributed by atoms with Crippen LogP contribution in [-0.2, 0) is 11.2 Å². The Balaban J connectivity index is 2.35. The monoisotopic (exact) mass is 279 g/mol. The van der Waals surface area contributed by atoms with Crippen molar-refractivity contribution in [1.82, 2.24) is 0 Å². The van der Waals surface area contributed by atoms with Gasteiger partial charge in [0, 0.05) is 6.42 Å². The molecule has 0 aliphatic carbocycles. The van der Waals surface area contributed by atoms with Crippen molar-refractivity contribution in [2.24, 2.45) is 5.73 Å². The number of carboxylic acid groups (broad SMARTS) is 1. The molecule has 0 bridgehead atoms. The zero-order valence-electron chi connectivity index (χ0n) is 11.9. The van der Waals surface area contributed by atoms with Crippen LogP contribution in [0.1, 0.15) is 55.8 Å². The molecule has 0 aliphatic heterocycles. The third-order valence-corrected chi connectivity index (χ3v) is 3.40. The number of rotatable bonds is 10. The van der Waals surface area contributed by atoms with Crippen molar-refractivity contribution in [3.63, 3.8) is 0 Å². The molecule has 1 aromatic carbocycles. The molecule has 1 unspecified atom stereocenters. The van der Waals surface area contributed by atoms with Gasteiger partial charge < -0.3 is 15.9 Å². The maximum atomic E-state index is 10.4. The van der Waals surface area contributed by atoms with Gasteiger partial charge in [-0.3, -0.25) is 4.79 Å². The number of nitrogens with two attached hydrogens (primary N) is 1. The Morgan fingerprint density at radius 1 is 1.10 bits per heavy atom. The SMILES string of the molecule is NCCCCCC(O)c1ccc(CCCC(=O)O)cc1. The van der Waals surface area contributed by atoms with Gasteiger partial charge in [-0.2, -0.15) is 0 Å².